The van der Waals surface area contributed by atoms with Gasteiger partial charge in [0.15, 0.2) is 0 Å². The van der Waals surface area contributed by atoms with Crippen LogP contribution < -0.4 is 0 Å². The molecule has 1 aliphatic carbocycles. The molecule has 1 unspecified atom stereocenters. The third-order valence-electron chi connectivity index (χ3n) is 4.68. The molecular weight excluding hydrogens is 170 g/mol. The van der Waals surface area contributed by atoms with Gasteiger partial charge in [0.2, 0.25) is 0 Å². The summed E-state index contributed by atoms with van der Waals surface area (Å²) in [6.45, 7) is 11.6. The maximum atomic E-state index is 2.77. The van der Waals surface area contributed by atoms with E-state index < -0.39 is 0 Å². The van der Waals surface area contributed by atoms with Gasteiger partial charge in [0.1, 0.15) is 0 Å². The second-order valence-electron chi connectivity index (χ2n) is 5.61. The van der Waals surface area contributed by atoms with Crippen LogP contribution in [0.1, 0.15) is 53.4 Å². The summed E-state index contributed by atoms with van der Waals surface area (Å²) in [7, 11) is 0. The van der Waals surface area contributed by atoms with Crippen LogP contribution in [0.15, 0.2) is 0 Å². The first-order valence-electron chi connectivity index (χ1n) is 6.42. The number of nitrogens with zero attached hydrogens (tertiary/aromatic N) is 1. The molecule has 14 heavy (non-hydrogen) atoms. The van der Waals surface area contributed by atoms with Crippen LogP contribution in [0, 0.1) is 11.3 Å². The van der Waals surface area contributed by atoms with Crippen molar-refractivity contribution in [3.05, 3.63) is 0 Å². The minimum Gasteiger partial charge on any atom is -0.297 e. The highest BCUT2D eigenvalue weighted by Crippen LogP contribution is 2.63. The van der Waals surface area contributed by atoms with Crippen LogP contribution in [0.25, 0.3) is 0 Å². The Balaban J connectivity index is 0.000000354. The molecule has 3 fully saturated rings. The van der Waals surface area contributed by atoms with Crippen LogP contribution in [0.5, 0.6) is 0 Å². The lowest BCUT2D eigenvalue weighted by atomic mass is 9.74. The average Bonchev–Trinajstić information content (AvgIpc) is 2.88. The third-order valence-corrected chi connectivity index (χ3v) is 4.68. The third kappa shape index (κ3) is 1.25. The van der Waals surface area contributed by atoms with E-state index in [1.165, 1.54) is 38.8 Å². The number of rotatable bonds is 1. The van der Waals surface area contributed by atoms with Gasteiger partial charge in [-0.1, -0.05) is 27.7 Å². The quantitative estimate of drug-likeness (QED) is 0.620. The van der Waals surface area contributed by atoms with Gasteiger partial charge < -0.3 is 0 Å². The monoisotopic (exact) mass is 195 g/mol. The Morgan fingerprint density at radius 1 is 1.07 bits per heavy atom. The molecule has 0 aromatic heterocycles. The zero-order chi connectivity index (χ0) is 10.4. The Kier molecular flexibility index (Phi) is 2.42. The highest BCUT2D eigenvalue weighted by atomic mass is 15.3. The van der Waals surface area contributed by atoms with E-state index in [9.17, 15) is 0 Å². The van der Waals surface area contributed by atoms with Gasteiger partial charge in [-0.25, -0.2) is 0 Å². The van der Waals surface area contributed by atoms with E-state index in [4.69, 9.17) is 0 Å². The molecule has 1 heteroatoms. The summed E-state index contributed by atoms with van der Waals surface area (Å²) in [4.78, 5) is 2.77. The zero-order valence-electron chi connectivity index (χ0n) is 10.3. The standard InChI is InChI=1S/C11H19N.C2H6/c1-9(2)11-5-6-12(11)8-10(7-11)3-4-10;1-2/h9H,3-8H2,1-2H3;1-2H3. The predicted molar refractivity (Wildman–Crippen MR) is 61.4 cm³/mol. The maximum absolute atomic E-state index is 2.77. The van der Waals surface area contributed by atoms with Crippen LogP contribution in [0.3, 0.4) is 0 Å². The lowest BCUT2D eigenvalue weighted by Gasteiger charge is -2.51. The van der Waals surface area contributed by atoms with Crippen LogP contribution in [0.4, 0.5) is 0 Å². The second kappa shape index (κ2) is 3.23. The normalized spacial score (nSPS) is 37.5. The van der Waals surface area contributed by atoms with Gasteiger partial charge in [-0.15, -0.1) is 0 Å². The van der Waals surface area contributed by atoms with Crippen molar-refractivity contribution in [1.82, 2.24) is 4.90 Å². The fourth-order valence-electron chi connectivity index (χ4n) is 3.47. The van der Waals surface area contributed by atoms with E-state index in [2.05, 4.69) is 18.7 Å². The maximum Gasteiger partial charge on any atom is 0.0250 e. The minimum absolute atomic E-state index is 0.663. The molecular formula is C13H25N. The smallest absolute Gasteiger partial charge is 0.0250 e. The lowest BCUT2D eigenvalue weighted by molar-refractivity contribution is -0.0116. The van der Waals surface area contributed by atoms with Crippen LogP contribution in [-0.4, -0.2) is 23.5 Å². The van der Waals surface area contributed by atoms with Crippen molar-refractivity contribution in [3.8, 4) is 0 Å². The van der Waals surface area contributed by atoms with Gasteiger partial charge in [0.05, 0.1) is 0 Å². The Hall–Kier alpha value is -0.0400. The van der Waals surface area contributed by atoms with Gasteiger partial charge in [-0.3, -0.25) is 4.90 Å². The van der Waals surface area contributed by atoms with Gasteiger partial charge >= 0.3 is 0 Å². The minimum atomic E-state index is 0.663. The topological polar surface area (TPSA) is 3.24 Å². The summed E-state index contributed by atoms with van der Waals surface area (Å²) in [5.41, 5.74) is 1.48. The summed E-state index contributed by atoms with van der Waals surface area (Å²) >= 11 is 0. The highest BCUT2D eigenvalue weighted by Gasteiger charge is 2.62. The first-order valence-corrected chi connectivity index (χ1v) is 6.42. The first-order chi connectivity index (χ1) is 6.67. The van der Waals surface area contributed by atoms with Gasteiger partial charge in [0, 0.05) is 18.6 Å². The van der Waals surface area contributed by atoms with E-state index >= 15 is 0 Å². The number of fused-ring (bicyclic) bond motifs is 1. The summed E-state index contributed by atoms with van der Waals surface area (Å²) in [6, 6.07) is 0. The molecule has 2 aliphatic heterocycles. The Bertz CT molecular complexity index is 217. The fraction of sp³-hybridized carbons (Fsp3) is 1.00. The van der Waals surface area contributed by atoms with Crippen LogP contribution >= 0.6 is 0 Å². The molecule has 0 aromatic rings. The lowest BCUT2D eigenvalue weighted by Crippen LogP contribution is -2.58. The molecule has 0 amide bonds. The SMILES string of the molecule is CC.CC(C)C12CCN1CC1(CC1)C2. The van der Waals surface area contributed by atoms with Crippen LogP contribution in [0.2, 0.25) is 0 Å². The van der Waals surface area contributed by atoms with E-state index in [-0.39, 0.29) is 0 Å². The summed E-state index contributed by atoms with van der Waals surface area (Å²) < 4.78 is 0. The van der Waals surface area contributed by atoms with E-state index in [0.717, 1.165) is 11.3 Å². The molecule has 0 N–H and O–H groups in total. The Labute approximate surface area is 88.9 Å². The highest BCUT2D eigenvalue weighted by molar-refractivity contribution is 5.17. The first kappa shape index (κ1) is 10.5. The van der Waals surface area contributed by atoms with Gasteiger partial charge in [-0.2, -0.15) is 0 Å². The van der Waals surface area contributed by atoms with Crippen molar-refractivity contribution in [2.24, 2.45) is 11.3 Å². The van der Waals surface area contributed by atoms with Gasteiger partial charge in [-0.05, 0) is 37.0 Å². The summed E-state index contributed by atoms with van der Waals surface area (Å²) in [5.74, 6) is 0.881. The van der Waals surface area contributed by atoms with Crippen molar-refractivity contribution in [3.63, 3.8) is 0 Å². The summed E-state index contributed by atoms with van der Waals surface area (Å²) in [6.07, 6.45) is 6.06. The molecule has 0 bridgehead atoms. The van der Waals surface area contributed by atoms with E-state index in [0.29, 0.717) is 5.54 Å². The van der Waals surface area contributed by atoms with E-state index in [1.807, 2.05) is 13.8 Å². The molecule has 1 atom stereocenters. The number of hydrogen-bond acceptors (Lipinski definition) is 1. The largest absolute Gasteiger partial charge is 0.297 e. The van der Waals surface area contributed by atoms with Gasteiger partial charge in [0.25, 0.3) is 0 Å². The molecule has 2 heterocycles. The van der Waals surface area contributed by atoms with Crippen molar-refractivity contribution < 1.29 is 0 Å². The summed E-state index contributed by atoms with van der Waals surface area (Å²) in [5, 5.41) is 0. The molecule has 0 radical (unpaired) electrons. The molecule has 3 rings (SSSR count). The average molecular weight is 195 g/mol. The zero-order valence-corrected chi connectivity index (χ0v) is 10.3. The van der Waals surface area contributed by atoms with Crippen molar-refractivity contribution in [2.45, 2.75) is 58.9 Å². The Morgan fingerprint density at radius 2 is 1.71 bits per heavy atom. The molecule has 1 nitrogen and oxygen atoms in total. The number of hydrogen-bond donors (Lipinski definition) is 0. The predicted octanol–water partition coefficient (Wildman–Crippen LogP) is 3.30. The van der Waals surface area contributed by atoms with Crippen LogP contribution in [-0.2, 0) is 0 Å². The molecule has 0 aromatic carbocycles. The van der Waals surface area contributed by atoms with E-state index in [1.54, 1.807) is 0 Å². The molecule has 82 valence electrons. The second-order valence-corrected chi connectivity index (χ2v) is 5.61. The molecule has 1 spiro atoms. The molecule has 3 aliphatic rings. The van der Waals surface area contributed by atoms with Crippen molar-refractivity contribution >= 4 is 0 Å². The molecule has 1 saturated carbocycles. The fourth-order valence-corrected chi connectivity index (χ4v) is 3.47. The molecule has 2 saturated heterocycles. The Morgan fingerprint density at radius 3 is 2.00 bits per heavy atom. The van der Waals surface area contributed by atoms with Crippen molar-refractivity contribution in [2.75, 3.05) is 13.1 Å². The van der Waals surface area contributed by atoms with Crippen molar-refractivity contribution in [1.29, 1.82) is 0 Å².